The third-order valence-electron chi connectivity index (χ3n) is 4.99. The fraction of sp³-hybridized carbons (Fsp3) is 0.300. The van der Waals surface area contributed by atoms with Crippen LogP contribution in [0.5, 0.6) is 0 Å². The second-order valence-corrected chi connectivity index (χ2v) is 6.67. The van der Waals surface area contributed by atoms with Gasteiger partial charge in [-0.3, -0.25) is 9.97 Å². The number of halogens is 1. The SMILES string of the molecule is CC(NCC1(c2ncccc2F)CC1)c1ccc2cccnc2c1. The van der Waals surface area contributed by atoms with E-state index in [1.54, 1.807) is 12.3 Å². The minimum absolute atomic E-state index is 0.144. The highest BCUT2D eigenvalue weighted by Crippen LogP contribution is 2.47. The maximum atomic E-state index is 14.0. The summed E-state index contributed by atoms with van der Waals surface area (Å²) in [6.45, 7) is 2.87. The van der Waals surface area contributed by atoms with Gasteiger partial charge in [-0.25, -0.2) is 4.39 Å². The summed E-state index contributed by atoms with van der Waals surface area (Å²) in [6.07, 6.45) is 5.46. The van der Waals surface area contributed by atoms with Gasteiger partial charge < -0.3 is 5.32 Å². The third-order valence-corrected chi connectivity index (χ3v) is 4.99. The van der Waals surface area contributed by atoms with Gasteiger partial charge in [-0.15, -0.1) is 0 Å². The second-order valence-electron chi connectivity index (χ2n) is 6.67. The summed E-state index contributed by atoms with van der Waals surface area (Å²) in [5, 5.41) is 4.70. The number of nitrogens with one attached hydrogen (secondary N) is 1. The van der Waals surface area contributed by atoms with Crippen LogP contribution in [0.4, 0.5) is 4.39 Å². The predicted molar refractivity (Wildman–Crippen MR) is 93.3 cm³/mol. The summed E-state index contributed by atoms with van der Waals surface area (Å²) in [4.78, 5) is 8.70. The third kappa shape index (κ3) is 2.78. The first-order chi connectivity index (χ1) is 11.7. The number of nitrogens with zero attached hydrogens (tertiary/aromatic N) is 2. The molecule has 1 unspecified atom stereocenters. The Hall–Kier alpha value is -2.33. The molecule has 1 fully saturated rings. The summed E-state index contributed by atoms with van der Waals surface area (Å²) >= 11 is 0. The Morgan fingerprint density at radius 3 is 2.71 bits per heavy atom. The van der Waals surface area contributed by atoms with E-state index in [1.165, 1.54) is 11.6 Å². The lowest BCUT2D eigenvalue weighted by Gasteiger charge is -2.20. The van der Waals surface area contributed by atoms with Crippen molar-refractivity contribution < 1.29 is 4.39 Å². The van der Waals surface area contributed by atoms with E-state index in [2.05, 4.69) is 46.5 Å². The molecule has 1 saturated carbocycles. The Labute approximate surface area is 141 Å². The Morgan fingerprint density at radius 2 is 1.92 bits per heavy atom. The monoisotopic (exact) mass is 321 g/mol. The molecule has 2 aromatic heterocycles. The number of hydrogen-bond donors (Lipinski definition) is 1. The Bertz CT molecular complexity index is 873. The lowest BCUT2D eigenvalue weighted by Crippen LogP contribution is -2.30. The Balaban J connectivity index is 1.50. The zero-order chi connectivity index (χ0) is 16.6. The zero-order valence-electron chi connectivity index (χ0n) is 13.7. The van der Waals surface area contributed by atoms with Crippen molar-refractivity contribution in [3.63, 3.8) is 0 Å². The molecule has 1 atom stereocenters. The van der Waals surface area contributed by atoms with Crippen molar-refractivity contribution in [1.82, 2.24) is 15.3 Å². The largest absolute Gasteiger partial charge is 0.309 e. The van der Waals surface area contributed by atoms with Crippen LogP contribution in [0.3, 0.4) is 0 Å². The van der Waals surface area contributed by atoms with Crippen molar-refractivity contribution >= 4 is 10.9 Å². The summed E-state index contributed by atoms with van der Waals surface area (Å²) < 4.78 is 14.0. The van der Waals surface area contributed by atoms with E-state index < -0.39 is 0 Å². The Morgan fingerprint density at radius 1 is 1.12 bits per heavy atom. The minimum atomic E-state index is -0.195. The van der Waals surface area contributed by atoms with Crippen molar-refractivity contribution in [1.29, 1.82) is 0 Å². The van der Waals surface area contributed by atoms with E-state index in [0.29, 0.717) is 5.69 Å². The number of aromatic nitrogens is 2. The fourth-order valence-corrected chi connectivity index (χ4v) is 3.24. The first kappa shape index (κ1) is 15.2. The van der Waals surface area contributed by atoms with Crippen LogP contribution >= 0.6 is 0 Å². The van der Waals surface area contributed by atoms with Gasteiger partial charge in [0.05, 0.1) is 11.2 Å². The van der Waals surface area contributed by atoms with Gasteiger partial charge in [0, 0.05) is 35.8 Å². The molecule has 3 nitrogen and oxygen atoms in total. The van der Waals surface area contributed by atoms with Crippen LogP contribution in [-0.2, 0) is 5.41 Å². The van der Waals surface area contributed by atoms with Crippen molar-refractivity contribution in [2.75, 3.05) is 6.54 Å². The number of pyridine rings is 2. The van der Waals surface area contributed by atoms with Crippen LogP contribution in [0, 0.1) is 5.82 Å². The normalized spacial score (nSPS) is 16.9. The second kappa shape index (κ2) is 5.95. The molecule has 0 radical (unpaired) electrons. The number of rotatable bonds is 5. The van der Waals surface area contributed by atoms with E-state index in [-0.39, 0.29) is 17.3 Å². The van der Waals surface area contributed by atoms with E-state index in [4.69, 9.17) is 0 Å². The maximum absolute atomic E-state index is 14.0. The zero-order valence-corrected chi connectivity index (χ0v) is 13.7. The molecule has 1 aromatic carbocycles. The van der Waals surface area contributed by atoms with E-state index in [0.717, 1.165) is 30.3 Å². The molecule has 24 heavy (non-hydrogen) atoms. The van der Waals surface area contributed by atoms with Crippen molar-refractivity contribution in [3.05, 3.63) is 71.9 Å². The van der Waals surface area contributed by atoms with Crippen LogP contribution in [-0.4, -0.2) is 16.5 Å². The van der Waals surface area contributed by atoms with Crippen molar-refractivity contribution in [2.45, 2.75) is 31.2 Å². The van der Waals surface area contributed by atoms with Crippen LogP contribution in [0.1, 0.15) is 37.1 Å². The molecule has 0 aliphatic heterocycles. The van der Waals surface area contributed by atoms with Gasteiger partial charge in [-0.05, 0) is 49.6 Å². The van der Waals surface area contributed by atoms with Gasteiger partial charge in [0.1, 0.15) is 5.82 Å². The average molecular weight is 321 g/mol. The van der Waals surface area contributed by atoms with Crippen LogP contribution in [0.25, 0.3) is 10.9 Å². The van der Waals surface area contributed by atoms with Crippen molar-refractivity contribution in [2.24, 2.45) is 0 Å². The smallest absolute Gasteiger partial charge is 0.145 e. The van der Waals surface area contributed by atoms with Gasteiger partial charge >= 0.3 is 0 Å². The van der Waals surface area contributed by atoms with Gasteiger partial charge in [0.15, 0.2) is 0 Å². The molecule has 3 aromatic rings. The van der Waals surface area contributed by atoms with Gasteiger partial charge in [-0.1, -0.05) is 18.2 Å². The first-order valence-electron chi connectivity index (χ1n) is 8.37. The predicted octanol–water partition coefficient (Wildman–Crippen LogP) is 4.15. The lowest BCUT2D eigenvalue weighted by atomic mass is 9.99. The van der Waals surface area contributed by atoms with Crippen LogP contribution in [0.15, 0.2) is 54.9 Å². The molecule has 1 N–H and O–H groups in total. The lowest BCUT2D eigenvalue weighted by molar-refractivity contribution is 0.480. The molecule has 0 saturated heterocycles. The van der Waals surface area contributed by atoms with Gasteiger partial charge in [0.25, 0.3) is 0 Å². The summed E-state index contributed by atoms with van der Waals surface area (Å²) in [6, 6.07) is 13.7. The molecule has 4 rings (SSSR count). The van der Waals surface area contributed by atoms with Gasteiger partial charge in [0.2, 0.25) is 0 Å². The summed E-state index contributed by atoms with van der Waals surface area (Å²) in [5.41, 5.74) is 2.65. The van der Waals surface area contributed by atoms with E-state index in [9.17, 15) is 4.39 Å². The van der Waals surface area contributed by atoms with Crippen molar-refractivity contribution in [3.8, 4) is 0 Å². The summed E-state index contributed by atoms with van der Waals surface area (Å²) in [7, 11) is 0. The molecule has 1 aliphatic rings. The number of hydrogen-bond acceptors (Lipinski definition) is 3. The first-order valence-corrected chi connectivity index (χ1v) is 8.37. The molecule has 4 heteroatoms. The number of fused-ring (bicyclic) bond motifs is 1. The minimum Gasteiger partial charge on any atom is -0.309 e. The number of benzene rings is 1. The highest BCUT2D eigenvalue weighted by atomic mass is 19.1. The molecule has 122 valence electrons. The van der Waals surface area contributed by atoms with Crippen LogP contribution in [0.2, 0.25) is 0 Å². The molecule has 0 amide bonds. The Kier molecular flexibility index (Phi) is 3.77. The van der Waals surface area contributed by atoms with Gasteiger partial charge in [-0.2, -0.15) is 0 Å². The maximum Gasteiger partial charge on any atom is 0.145 e. The standard InChI is InChI=1S/C20H20FN3/c1-14(16-7-6-15-4-2-10-22-18(15)12-16)24-13-20(8-9-20)19-17(21)5-3-11-23-19/h2-7,10-12,14,24H,8-9,13H2,1H3. The molecule has 1 aliphatic carbocycles. The summed E-state index contributed by atoms with van der Waals surface area (Å²) in [5.74, 6) is -0.195. The highest BCUT2D eigenvalue weighted by Gasteiger charge is 2.47. The average Bonchev–Trinajstić information content (AvgIpc) is 3.40. The molecular formula is C20H20FN3. The fourth-order valence-electron chi connectivity index (χ4n) is 3.24. The quantitative estimate of drug-likeness (QED) is 0.767. The van der Waals surface area contributed by atoms with E-state index >= 15 is 0 Å². The van der Waals surface area contributed by atoms with E-state index in [1.807, 2.05) is 12.3 Å². The molecular weight excluding hydrogens is 301 g/mol. The molecule has 2 heterocycles. The highest BCUT2D eigenvalue weighted by molar-refractivity contribution is 5.78. The van der Waals surface area contributed by atoms with Crippen LogP contribution < -0.4 is 5.32 Å². The molecule has 0 bridgehead atoms. The topological polar surface area (TPSA) is 37.8 Å². The molecule has 0 spiro atoms.